The normalized spacial score (nSPS) is 11.6. The van der Waals surface area contributed by atoms with Gasteiger partial charge in [0.05, 0.1) is 16.7 Å². The van der Waals surface area contributed by atoms with Gasteiger partial charge in [0.2, 0.25) is 0 Å². The third kappa shape index (κ3) is 4.27. The molecule has 0 saturated heterocycles. The molecule has 0 atom stereocenters. The van der Waals surface area contributed by atoms with Crippen LogP contribution >= 0.6 is 0 Å². The molecule has 0 saturated carbocycles. The Morgan fingerprint density at radius 1 is 0.333 bits per heavy atom. The third-order valence-electron chi connectivity index (χ3n) is 8.60. The largest absolute Gasteiger partial charge is 0.309 e. The van der Waals surface area contributed by atoms with Gasteiger partial charge in [-0.3, -0.25) is 0 Å². The summed E-state index contributed by atoms with van der Waals surface area (Å²) in [6.45, 7) is 0. The number of para-hydroxylation sites is 1. The molecule has 0 aliphatic rings. The first-order valence-electron chi connectivity index (χ1n) is 15.1. The number of hydrogen-bond donors (Lipinski definition) is 0. The van der Waals surface area contributed by atoms with Crippen LogP contribution in [0.15, 0.2) is 158 Å². The zero-order chi connectivity index (χ0) is 29.7. The first kappa shape index (κ1) is 25.4. The van der Waals surface area contributed by atoms with E-state index in [0.29, 0.717) is 17.5 Å². The predicted octanol–water partition coefficient (Wildman–Crippen LogP) is 10.3. The lowest BCUT2D eigenvalue weighted by atomic mass is 10.0. The Kier molecular flexibility index (Phi) is 5.78. The van der Waals surface area contributed by atoms with Gasteiger partial charge in [0.1, 0.15) is 0 Å². The van der Waals surface area contributed by atoms with Crippen LogP contribution < -0.4 is 0 Å². The van der Waals surface area contributed by atoms with Gasteiger partial charge in [-0.25, -0.2) is 15.0 Å². The molecule has 7 aromatic carbocycles. The highest BCUT2D eigenvalue weighted by Crippen LogP contribution is 2.37. The average molecular weight is 575 g/mol. The monoisotopic (exact) mass is 574 g/mol. The summed E-state index contributed by atoms with van der Waals surface area (Å²) in [5.41, 5.74) is 6.34. The third-order valence-corrected chi connectivity index (χ3v) is 8.60. The lowest BCUT2D eigenvalue weighted by Gasteiger charge is -2.13. The van der Waals surface area contributed by atoms with Crippen molar-refractivity contribution in [1.82, 2.24) is 19.5 Å². The van der Waals surface area contributed by atoms with E-state index < -0.39 is 0 Å². The molecule has 4 heteroatoms. The number of hydrogen-bond acceptors (Lipinski definition) is 3. The van der Waals surface area contributed by atoms with E-state index in [1.165, 1.54) is 32.6 Å². The van der Waals surface area contributed by atoms with Crippen LogP contribution in [0.3, 0.4) is 0 Å². The van der Waals surface area contributed by atoms with Crippen LogP contribution in [0, 0.1) is 0 Å². The van der Waals surface area contributed by atoms with Gasteiger partial charge in [0.25, 0.3) is 0 Å². The molecule has 0 radical (unpaired) electrons. The summed E-state index contributed by atoms with van der Waals surface area (Å²) in [4.78, 5) is 14.9. The number of rotatable bonds is 4. The fraction of sp³-hybridized carbons (Fsp3) is 0. The lowest BCUT2D eigenvalue weighted by molar-refractivity contribution is 1.07. The quantitative estimate of drug-likeness (QED) is 0.210. The molecule has 210 valence electrons. The Bertz CT molecular complexity index is 2470. The van der Waals surface area contributed by atoms with Crippen LogP contribution in [0.4, 0.5) is 0 Å². The van der Waals surface area contributed by atoms with Gasteiger partial charge in [-0.2, -0.15) is 0 Å². The molecule has 0 N–H and O–H groups in total. The Labute approximate surface area is 259 Å². The minimum Gasteiger partial charge on any atom is -0.309 e. The van der Waals surface area contributed by atoms with Gasteiger partial charge in [-0.1, -0.05) is 127 Å². The molecule has 45 heavy (non-hydrogen) atoms. The molecular weight excluding hydrogens is 548 g/mol. The van der Waals surface area contributed by atoms with E-state index in [1.807, 2.05) is 60.7 Å². The van der Waals surface area contributed by atoms with Crippen molar-refractivity contribution in [3.8, 4) is 39.9 Å². The minimum atomic E-state index is 0.646. The maximum atomic E-state index is 5.00. The topological polar surface area (TPSA) is 43.6 Å². The molecule has 9 rings (SSSR count). The van der Waals surface area contributed by atoms with E-state index in [-0.39, 0.29) is 0 Å². The van der Waals surface area contributed by atoms with Gasteiger partial charge in [-0.05, 0) is 46.5 Å². The van der Waals surface area contributed by atoms with E-state index >= 15 is 0 Å². The van der Waals surface area contributed by atoms with Crippen LogP contribution in [-0.2, 0) is 0 Å². The zero-order valence-corrected chi connectivity index (χ0v) is 24.3. The van der Waals surface area contributed by atoms with Crippen molar-refractivity contribution >= 4 is 43.4 Å². The number of nitrogens with zero attached hydrogens (tertiary/aromatic N) is 4. The summed E-state index contributed by atoms with van der Waals surface area (Å²) in [6, 6.07) is 55.2. The number of benzene rings is 7. The van der Waals surface area contributed by atoms with Crippen LogP contribution in [0.5, 0.6) is 0 Å². The predicted molar refractivity (Wildman–Crippen MR) is 185 cm³/mol. The van der Waals surface area contributed by atoms with Gasteiger partial charge < -0.3 is 4.57 Å². The molecule has 0 fully saturated rings. The number of aromatic nitrogens is 4. The van der Waals surface area contributed by atoms with Crippen LogP contribution in [-0.4, -0.2) is 19.5 Å². The Hall–Kier alpha value is -6.13. The first-order valence-corrected chi connectivity index (χ1v) is 15.1. The SMILES string of the molecule is c1ccc(-c2nc(-c3ccccc3)nc(-c3ccc4cccc(-n5c6ccccc6c6cc7ccccc7cc65)c4c3)n2)cc1. The van der Waals surface area contributed by atoms with Crippen molar-refractivity contribution in [3.05, 3.63) is 158 Å². The summed E-state index contributed by atoms with van der Waals surface area (Å²) in [5, 5.41) is 7.24. The van der Waals surface area contributed by atoms with E-state index in [2.05, 4.69) is 102 Å². The van der Waals surface area contributed by atoms with Crippen LogP contribution in [0.2, 0.25) is 0 Å². The highest BCUT2D eigenvalue weighted by molar-refractivity contribution is 6.14. The Morgan fingerprint density at radius 3 is 1.62 bits per heavy atom. The van der Waals surface area contributed by atoms with Crippen LogP contribution in [0.1, 0.15) is 0 Å². The van der Waals surface area contributed by atoms with Gasteiger partial charge >= 0.3 is 0 Å². The fourth-order valence-electron chi connectivity index (χ4n) is 6.44. The molecule has 2 heterocycles. The first-order chi connectivity index (χ1) is 22.3. The second kappa shape index (κ2) is 10.2. The molecule has 9 aromatic rings. The Morgan fingerprint density at radius 2 is 0.911 bits per heavy atom. The van der Waals surface area contributed by atoms with Crippen molar-refractivity contribution in [1.29, 1.82) is 0 Å². The van der Waals surface area contributed by atoms with Gasteiger partial charge in [0, 0.05) is 32.8 Å². The Balaban J connectivity index is 1.30. The molecule has 2 aromatic heterocycles. The number of fused-ring (bicyclic) bond motifs is 5. The molecule has 0 bridgehead atoms. The van der Waals surface area contributed by atoms with Crippen LogP contribution in [0.25, 0.3) is 83.2 Å². The maximum Gasteiger partial charge on any atom is 0.164 e. The van der Waals surface area contributed by atoms with E-state index in [4.69, 9.17) is 15.0 Å². The average Bonchev–Trinajstić information content (AvgIpc) is 3.43. The maximum absolute atomic E-state index is 5.00. The fourth-order valence-corrected chi connectivity index (χ4v) is 6.44. The van der Waals surface area contributed by atoms with Gasteiger partial charge in [0.15, 0.2) is 17.5 Å². The molecule has 4 nitrogen and oxygen atoms in total. The van der Waals surface area contributed by atoms with E-state index in [0.717, 1.165) is 33.2 Å². The van der Waals surface area contributed by atoms with E-state index in [9.17, 15) is 0 Å². The van der Waals surface area contributed by atoms with Gasteiger partial charge in [-0.15, -0.1) is 0 Å². The smallest absolute Gasteiger partial charge is 0.164 e. The molecule has 0 aliphatic carbocycles. The highest BCUT2D eigenvalue weighted by atomic mass is 15.0. The summed E-state index contributed by atoms with van der Waals surface area (Å²) in [5.74, 6) is 1.96. The van der Waals surface area contributed by atoms with Crippen molar-refractivity contribution in [3.63, 3.8) is 0 Å². The lowest BCUT2D eigenvalue weighted by Crippen LogP contribution is -2.00. The zero-order valence-electron chi connectivity index (χ0n) is 24.3. The standard InChI is InChI=1S/C41H26N4/c1-3-12-28(13-4-1)39-42-40(29-14-5-2-6-15-29)44-41(43-39)32-23-22-27-18-11-21-37(34(27)25-32)45-36-20-10-9-19-33(36)35-24-30-16-7-8-17-31(30)26-38(35)45/h1-26H. The summed E-state index contributed by atoms with van der Waals surface area (Å²) in [6.07, 6.45) is 0. The van der Waals surface area contributed by atoms with Crippen molar-refractivity contribution in [2.45, 2.75) is 0 Å². The van der Waals surface area contributed by atoms with Crippen molar-refractivity contribution in [2.24, 2.45) is 0 Å². The van der Waals surface area contributed by atoms with Crippen molar-refractivity contribution in [2.75, 3.05) is 0 Å². The summed E-state index contributed by atoms with van der Waals surface area (Å²) >= 11 is 0. The molecule has 0 unspecified atom stereocenters. The molecule has 0 spiro atoms. The summed E-state index contributed by atoms with van der Waals surface area (Å²) < 4.78 is 2.40. The molecule has 0 aliphatic heterocycles. The molecule has 0 amide bonds. The molecular formula is C41H26N4. The van der Waals surface area contributed by atoms with Crippen molar-refractivity contribution < 1.29 is 0 Å². The minimum absolute atomic E-state index is 0.646. The second-order valence-corrected chi connectivity index (χ2v) is 11.3. The highest BCUT2D eigenvalue weighted by Gasteiger charge is 2.17. The summed E-state index contributed by atoms with van der Waals surface area (Å²) in [7, 11) is 0. The second-order valence-electron chi connectivity index (χ2n) is 11.3. The van der Waals surface area contributed by atoms with E-state index in [1.54, 1.807) is 0 Å².